The number of fused-ring (bicyclic) bond motifs is 7. The van der Waals surface area contributed by atoms with E-state index in [4.69, 9.17) is 6.57 Å². The van der Waals surface area contributed by atoms with Crippen molar-refractivity contribution in [3.05, 3.63) is 163 Å². The molecule has 0 aliphatic heterocycles. The van der Waals surface area contributed by atoms with E-state index < -0.39 is 0 Å². The van der Waals surface area contributed by atoms with E-state index in [9.17, 15) is 5.26 Å². The number of benzene rings is 6. The minimum absolute atomic E-state index is 0.579. The van der Waals surface area contributed by atoms with Crippen LogP contribution in [-0.2, 0) is 0 Å². The number of nitrogens with zero attached hydrogens (tertiary/aromatic N) is 4. The number of rotatable bonds is 4. The molecule has 0 aliphatic carbocycles. The molecule has 3 aromatic heterocycles. The van der Waals surface area contributed by atoms with Gasteiger partial charge in [-0.15, -0.1) is 11.3 Å². The van der Waals surface area contributed by atoms with Gasteiger partial charge in [-0.1, -0.05) is 84.9 Å². The molecule has 0 amide bonds. The second-order valence-electron chi connectivity index (χ2n) is 12.0. The van der Waals surface area contributed by atoms with Crippen LogP contribution < -0.4 is 0 Å². The lowest BCUT2D eigenvalue weighted by atomic mass is 9.91. The molecule has 0 bridgehead atoms. The fourth-order valence-corrected chi connectivity index (χ4v) is 8.19. The third kappa shape index (κ3) is 4.81. The van der Waals surface area contributed by atoms with Crippen molar-refractivity contribution in [2.45, 2.75) is 0 Å². The highest BCUT2D eigenvalue weighted by Gasteiger charge is 2.18. The molecule has 0 spiro atoms. The van der Waals surface area contributed by atoms with Crippen molar-refractivity contribution >= 4 is 58.7 Å². The zero-order valence-electron chi connectivity index (χ0n) is 26.1. The van der Waals surface area contributed by atoms with Crippen LogP contribution >= 0.6 is 11.3 Å². The molecule has 9 rings (SSSR count). The molecular weight excluding hydrogens is 617 g/mol. The molecule has 4 nitrogen and oxygen atoms in total. The predicted molar refractivity (Wildman–Crippen MR) is 203 cm³/mol. The predicted octanol–water partition coefficient (Wildman–Crippen LogP) is 12.2. The molecule has 6 aromatic carbocycles. The molecule has 0 atom stereocenters. The normalized spacial score (nSPS) is 11.2. The Morgan fingerprint density at radius 2 is 1.04 bits per heavy atom. The van der Waals surface area contributed by atoms with E-state index in [1.807, 2.05) is 29.5 Å². The molecule has 0 fully saturated rings. The summed E-state index contributed by atoms with van der Waals surface area (Å²) in [5, 5.41) is 16.8. The van der Waals surface area contributed by atoms with Crippen molar-refractivity contribution in [2.24, 2.45) is 0 Å². The van der Waals surface area contributed by atoms with Gasteiger partial charge < -0.3 is 0 Å². The Bertz CT molecular complexity index is 2680. The summed E-state index contributed by atoms with van der Waals surface area (Å²) in [6.07, 6.45) is 3.39. The van der Waals surface area contributed by atoms with Crippen LogP contribution in [0, 0.1) is 17.9 Å². The number of hydrogen-bond donors (Lipinski definition) is 0. The molecule has 0 unspecified atom stereocenters. The Balaban J connectivity index is 1.27. The van der Waals surface area contributed by atoms with Gasteiger partial charge in [0.25, 0.3) is 0 Å². The average Bonchev–Trinajstić information content (AvgIpc) is 3.56. The lowest BCUT2D eigenvalue weighted by Gasteiger charge is -2.12. The van der Waals surface area contributed by atoms with E-state index in [1.165, 1.54) is 52.8 Å². The van der Waals surface area contributed by atoms with Crippen molar-refractivity contribution < 1.29 is 0 Å². The van der Waals surface area contributed by atoms with Gasteiger partial charge >= 0.3 is 0 Å². The van der Waals surface area contributed by atoms with E-state index in [2.05, 4.69) is 124 Å². The van der Waals surface area contributed by atoms with Crippen LogP contribution in [0.25, 0.3) is 91.3 Å². The van der Waals surface area contributed by atoms with Crippen LogP contribution in [0.1, 0.15) is 5.56 Å². The van der Waals surface area contributed by atoms with Gasteiger partial charge in [0.05, 0.1) is 29.6 Å². The van der Waals surface area contributed by atoms with Gasteiger partial charge in [-0.25, -0.2) is 4.85 Å². The molecular formula is C44H24N4S. The van der Waals surface area contributed by atoms with Crippen LogP contribution in [-0.4, -0.2) is 9.97 Å². The second kappa shape index (κ2) is 11.5. The molecule has 0 aliphatic rings. The fourth-order valence-electron chi connectivity index (χ4n) is 6.97. The number of hydrogen-bond acceptors (Lipinski definition) is 4. The van der Waals surface area contributed by atoms with Gasteiger partial charge in [0.1, 0.15) is 0 Å². The highest BCUT2D eigenvalue weighted by molar-refractivity contribution is 7.26. The molecule has 0 radical (unpaired) electrons. The summed E-state index contributed by atoms with van der Waals surface area (Å²) < 4.78 is 2.46. The summed E-state index contributed by atoms with van der Waals surface area (Å²) in [7, 11) is 0. The number of pyridine rings is 2. The van der Waals surface area contributed by atoms with E-state index in [1.54, 1.807) is 24.5 Å². The number of nitriles is 1. The van der Waals surface area contributed by atoms with E-state index >= 15 is 0 Å². The first-order valence-corrected chi connectivity index (χ1v) is 16.7. The summed E-state index contributed by atoms with van der Waals surface area (Å²) in [5.74, 6) is 0. The maximum absolute atomic E-state index is 9.46. The largest absolute Gasteiger partial charge is 0.259 e. The van der Waals surface area contributed by atoms with E-state index in [0.717, 1.165) is 33.6 Å². The van der Waals surface area contributed by atoms with Crippen molar-refractivity contribution in [1.82, 2.24) is 9.97 Å². The topological polar surface area (TPSA) is 53.9 Å². The van der Waals surface area contributed by atoms with Crippen LogP contribution in [0.4, 0.5) is 5.69 Å². The highest BCUT2D eigenvalue weighted by Crippen LogP contribution is 2.47. The number of aromatic nitrogens is 2. The van der Waals surface area contributed by atoms with Gasteiger partial charge in [-0.2, -0.15) is 5.26 Å². The smallest absolute Gasteiger partial charge is 0.190 e. The van der Waals surface area contributed by atoms with Crippen LogP contribution in [0.2, 0.25) is 0 Å². The Kier molecular flexibility index (Phi) is 6.73. The van der Waals surface area contributed by atoms with Crippen molar-refractivity contribution in [3.8, 4) is 50.8 Å². The molecule has 5 heteroatoms. The standard InChI is InChI=1S/C44H24N4S/c1-46-32-17-19-48-40(23-32)31-11-7-9-29(22-31)38-25-42-44(36-15-5-3-13-34(36)38)43-35-14-4-2-12-33(35)37(24-41(43)49-42)28-8-6-10-30(21-28)39-20-27(26-45)16-18-47-39/h2-25H. The van der Waals surface area contributed by atoms with Gasteiger partial charge in [-0.05, 0) is 97.9 Å². The highest BCUT2D eigenvalue weighted by atomic mass is 32.1. The Morgan fingerprint density at radius 3 is 1.59 bits per heavy atom. The second-order valence-corrected chi connectivity index (χ2v) is 13.1. The Labute approximate surface area is 286 Å². The first kappa shape index (κ1) is 28.6. The van der Waals surface area contributed by atoms with Gasteiger partial charge in [-0.3, -0.25) is 9.97 Å². The minimum atomic E-state index is 0.579. The monoisotopic (exact) mass is 640 g/mol. The summed E-state index contributed by atoms with van der Waals surface area (Å²) in [4.78, 5) is 12.7. The first-order valence-electron chi connectivity index (χ1n) is 15.9. The summed E-state index contributed by atoms with van der Waals surface area (Å²) in [6, 6.07) is 48.4. The Morgan fingerprint density at radius 1 is 0.531 bits per heavy atom. The lowest BCUT2D eigenvalue weighted by molar-refractivity contribution is 1.31. The van der Waals surface area contributed by atoms with Crippen molar-refractivity contribution in [1.29, 1.82) is 5.26 Å². The Hall–Kier alpha value is -6.66. The molecule has 9 aromatic rings. The van der Waals surface area contributed by atoms with Crippen LogP contribution in [0.3, 0.4) is 0 Å². The van der Waals surface area contributed by atoms with E-state index in [0.29, 0.717) is 11.3 Å². The van der Waals surface area contributed by atoms with Crippen LogP contribution in [0.5, 0.6) is 0 Å². The quantitative estimate of drug-likeness (QED) is 0.180. The minimum Gasteiger partial charge on any atom is -0.259 e. The number of thiophene rings is 1. The van der Waals surface area contributed by atoms with E-state index in [-0.39, 0.29) is 0 Å². The third-order valence-corrected chi connectivity index (χ3v) is 10.3. The van der Waals surface area contributed by atoms with Crippen molar-refractivity contribution in [2.75, 3.05) is 0 Å². The molecule has 0 saturated heterocycles. The summed E-state index contributed by atoms with van der Waals surface area (Å²) in [5.41, 5.74) is 9.26. The zero-order valence-corrected chi connectivity index (χ0v) is 26.9. The molecule has 3 heterocycles. The molecule has 49 heavy (non-hydrogen) atoms. The molecule has 0 saturated carbocycles. The maximum atomic E-state index is 9.46. The van der Waals surface area contributed by atoms with Gasteiger partial charge in [0.2, 0.25) is 0 Å². The first-order chi connectivity index (χ1) is 24.2. The van der Waals surface area contributed by atoms with Crippen molar-refractivity contribution in [3.63, 3.8) is 0 Å². The maximum Gasteiger partial charge on any atom is 0.190 e. The SMILES string of the molecule is [C-]#[N+]c1ccnc(-c2cccc(-c3cc4sc5cc(-c6cccc(-c7cc(C#N)ccn7)c6)c6ccccc6c5c4c4ccccc34)c2)c1. The summed E-state index contributed by atoms with van der Waals surface area (Å²) >= 11 is 1.83. The lowest BCUT2D eigenvalue weighted by Crippen LogP contribution is -1.88. The van der Waals surface area contributed by atoms with Gasteiger partial charge in [0.15, 0.2) is 5.69 Å². The third-order valence-electron chi connectivity index (χ3n) is 9.19. The average molecular weight is 641 g/mol. The zero-order chi connectivity index (χ0) is 32.9. The molecule has 226 valence electrons. The fraction of sp³-hybridized carbons (Fsp3) is 0. The molecule has 0 N–H and O–H groups in total. The summed E-state index contributed by atoms with van der Waals surface area (Å²) in [6.45, 7) is 7.45. The van der Waals surface area contributed by atoms with Crippen LogP contribution in [0.15, 0.2) is 146 Å². The van der Waals surface area contributed by atoms with Gasteiger partial charge in [0, 0.05) is 38.1 Å².